The summed E-state index contributed by atoms with van der Waals surface area (Å²) in [7, 11) is 0. The molecule has 0 aromatic heterocycles. The summed E-state index contributed by atoms with van der Waals surface area (Å²) in [5, 5.41) is 2.80. The first-order chi connectivity index (χ1) is 10.7. The fourth-order valence-electron chi connectivity index (χ4n) is 3.31. The Bertz CT molecular complexity index is 444. The molecule has 2 rings (SSSR count). The lowest BCUT2D eigenvalue weighted by Gasteiger charge is -2.33. The number of hydrogen-bond acceptors (Lipinski definition) is 3. The molecule has 0 radical (unpaired) electrons. The van der Waals surface area contributed by atoms with Gasteiger partial charge in [-0.3, -0.25) is 9.69 Å². The monoisotopic (exact) mass is 336 g/mol. The number of nitrogens with zero attached hydrogens (tertiary/aromatic N) is 2. The minimum absolute atomic E-state index is 0.0669. The van der Waals surface area contributed by atoms with E-state index in [1.807, 2.05) is 0 Å². The number of nitrogens with two attached hydrogens (primary N) is 1. The first kappa shape index (κ1) is 17.8. The SMILES string of the molecule is NC(=O)C[C@@H]1CCCN(C(=O)N[C@H]2CCN(CC(F)(F)F)C2)C1. The van der Waals surface area contributed by atoms with Crippen molar-refractivity contribution in [2.75, 3.05) is 32.7 Å². The number of rotatable bonds is 4. The molecular weight excluding hydrogens is 313 g/mol. The Hall–Kier alpha value is -1.51. The van der Waals surface area contributed by atoms with Crippen molar-refractivity contribution in [3.63, 3.8) is 0 Å². The van der Waals surface area contributed by atoms with Crippen LogP contribution in [0.4, 0.5) is 18.0 Å². The third kappa shape index (κ3) is 5.89. The van der Waals surface area contributed by atoms with E-state index in [0.29, 0.717) is 26.1 Å². The topological polar surface area (TPSA) is 78.7 Å². The van der Waals surface area contributed by atoms with Gasteiger partial charge in [0.1, 0.15) is 0 Å². The summed E-state index contributed by atoms with van der Waals surface area (Å²) in [5.41, 5.74) is 5.19. The van der Waals surface area contributed by atoms with E-state index in [0.717, 1.165) is 12.8 Å². The molecule has 0 bridgehead atoms. The van der Waals surface area contributed by atoms with Crippen molar-refractivity contribution in [1.29, 1.82) is 0 Å². The van der Waals surface area contributed by atoms with Gasteiger partial charge in [-0.1, -0.05) is 0 Å². The van der Waals surface area contributed by atoms with Crippen molar-refractivity contribution in [3.8, 4) is 0 Å². The summed E-state index contributed by atoms with van der Waals surface area (Å²) in [6, 6.07) is -0.528. The summed E-state index contributed by atoms with van der Waals surface area (Å²) < 4.78 is 37.1. The van der Waals surface area contributed by atoms with Crippen molar-refractivity contribution < 1.29 is 22.8 Å². The van der Waals surface area contributed by atoms with Crippen LogP contribution in [0, 0.1) is 5.92 Å². The van der Waals surface area contributed by atoms with Gasteiger partial charge in [0.05, 0.1) is 6.54 Å². The smallest absolute Gasteiger partial charge is 0.370 e. The molecule has 2 heterocycles. The molecule has 3 amide bonds. The lowest BCUT2D eigenvalue weighted by molar-refractivity contribution is -0.143. The van der Waals surface area contributed by atoms with Crippen LogP contribution in [-0.4, -0.2) is 66.7 Å². The van der Waals surface area contributed by atoms with Gasteiger partial charge < -0.3 is 16.0 Å². The molecule has 23 heavy (non-hydrogen) atoms. The number of hydrogen-bond donors (Lipinski definition) is 2. The van der Waals surface area contributed by atoms with Gasteiger partial charge in [-0.25, -0.2) is 4.79 Å². The van der Waals surface area contributed by atoms with Gasteiger partial charge in [-0.05, 0) is 25.2 Å². The number of carbonyl (C=O) groups excluding carboxylic acids is 2. The number of halogens is 3. The van der Waals surface area contributed by atoms with E-state index in [-0.39, 0.29) is 36.9 Å². The number of piperidine rings is 1. The van der Waals surface area contributed by atoms with Crippen LogP contribution in [0.3, 0.4) is 0 Å². The lowest BCUT2D eigenvalue weighted by Crippen LogP contribution is -2.49. The largest absolute Gasteiger partial charge is 0.401 e. The summed E-state index contributed by atoms with van der Waals surface area (Å²) in [4.78, 5) is 26.1. The standard InChI is InChI=1S/C14H23F3N4O2/c15-14(16,17)9-20-5-3-11(8-20)19-13(23)21-4-1-2-10(7-21)6-12(18)22/h10-11H,1-9H2,(H2,18,22)(H,19,23)/t10-,11-/m0/s1. The van der Waals surface area contributed by atoms with Crippen LogP contribution in [-0.2, 0) is 4.79 Å². The second kappa shape index (κ2) is 7.37. The normalized spacial score (nSPS) is 26.3. The van der Waals surface area contributed by atoms with Crippen LogP contribution < -0.4 is 11.1 Å². The summed E-state index contributed by atoms with van der Waals surface area (Å²) in [6.07, 6.45) is -1.79. The molecule has 6 nitrogen and oxygen atoms in total. The zero-order valence-electron chi connectivity index (χ0n) is 12.9. The minimum Gasteiger partial charge on any atom is -0.370 e. The van der Waals surface area contributed by atoms with Crippen LogP contribution >= 0.6 is 0 Å². The Labute approximate surface area is 133 Å². The summed E-state index contributed by atoms with van der Waals surface area (Å²) in [6.45, 7) is 0.663. The fourth-order valence-corrected chi connectivity index (χ4v) is 3.31. The second-order valence-corrected chi connectivity index (χ2v) is 6.41. The molecule has 0 aliphatic carbocycles. The average Bonchev–Trinajstić information content (AvgIpc) is 2.83. The zero-order valence-corrected chi connectivity index (χ0v) is 12.9. The molecule has 0 aromatic rings. The first-order valence-corrected chi connectivity index (χ1v) is 7.86. The molecule has 2 fully saturated rings. The van der Waals surface area contributed by atoms with E-state index in [1.165, 1.54) is 4.90 Å². The quantitative estimate of drug-likeness (QED) is 0.801. The molecule has 0 saturated carbocycles. The van der Waals surface area contributed by atoms with Gasteiger partial charge in [0.15, 0.2) is 0 Å². The van der Waals surface area contributed by atoms with Gasteiger partial charge in [-0.15, -0.1) is 0 Å². The van der Waals surface area contributed by atoms with Gasteiger partial charge in [0.25, 0.3) is 0 Å². The maximum absolute atomic E-state index is 12.4. The molecule has 3 N–H and O–H groups in total. The third-order valence-corrected chi connectivity index (χ3v) is 4.30. The van der Waals surface area contributed by atoms with Crippen LogP contribution in [0.2, 0.25) is 0 Å². The maximum atomic E-state index is 12.4. The number of carbonyl (C=O) groups is 2. The van der Waals surface area contributed by atoms with Crippen molar-refractivity contribution in [2.24, 2.45) is 11.7 Å². The number of urea groups is 1. The molecule has 9 heteroatoms. The van der Waals surface area contributed by atoms with Crippen molar-refractivity contribution >= 4 is 11.9 Å². The van der Waals surface area contributed by atoms with Gasteiger partial charge in [-0.2, -0.15) is 13.2 Å². The first-order valence-electron chi connectivity index (χ1n) is 7.86. The number of primary amides is 1. The van der Waals surface area contributed by atoms with Crippen molar-refractivity contribution in [2.45, 2.75) is 37.9 Å². The lowest BCUT2D eigenvalue weighted by atomic mass is 9.95. The highest BCUT2D eigenvalue weighted by atomic mass is 19.4. The highest BCUT2D eigenvalue weighted by molar-refractivity contribution is 5.76. The van der Waals surface area contributed by atoms with E-state index in [9.17, 15) is 22.8 Å². The maximum Gasteiger partial charge on any atom is 0.401 e. The molecular formula is C14H23F3N4O2. The van der Waals surface area contributed by atoms with E-state index in [4.69, 9.17) is 5.73 Å². The van der Waals surface area contributed by atoms with Crippen LogP contribution in [0.1, 0.15) is 25.7 Å². The molecule has 0 unspecified atom stereocenters. The number of alkyl halides is 3. The van der Waals surface area contributed by atoms with Gasteiger partial charge >= 0.3 is 12.2 Å². The average molecular weight is 336 g/mol. The molecule has 0 aromatic carbocycles. The van der Waals surface area contributed by atoms with Crippen LogP contribution in [0.5, 0.6) is 0 Å². The second-order valence-electron chi connectivity index (χ2n) is 6.41. The summed E-state index contributed by atoms with van der Waals surface area (Å²) >= 11 is 0. The highest BCUT2D eigenvalue weighted by Gasteiger charge is 2.35. The zero-order chi connectivity index (χ0) is 17.0. The number of likely N-dealkylation sites (tertiary alicyclic amines) is 2. The Balaban J connectivity index is 1.77. The Morgan fingerprint density at radius 3 is 2.57 bits per heavy atom. The van der Waals surface area contributed by atoms with Crippen molar-refractivity contribution in [1.82, 2.24) is 15.1 Å². The number of amides is 3. The number of nitrogens with one attached hydrogen (secondary N) is 1. The molecule has 132 valence electrons. The molecule has 0 spiro atoms. The van der Waals surface area contributed by atoms with Crippen LogP contribution in [0.15, 0.2) is 0 Å². The van der Waals surface area contributed by atoms with E-state index < -0.39 is 12.7 Å². The summed E-state index contributed by atoms with van der Waals surface area (Å²) in [5.74, 6) is -0.312. The van der Waals surface area contributed by atoms with E-state index in [2.05, 4.69) is 5.32 Å². The predicted octanol–water partition coefficient (Wildman–Crippen LogP) is 0.920. The van der Waals surface area contributed by atoms with Gasteiger partial charge in [0.2, 0.25) is 5.91 Å². The van der Waals surface area contributed by atoms with E-state index >= 15 is 0 Å². The molecule has 2 saturated heterocycles. The Morgan fingerprint density at radius 1 is 1.17 bits per heavy atom. The predicted molar refractivity (Wildman–Crippen MR) is 77.5 cm³/mol. The minimum atomic E-state index is -4.21. The Morgan fingerprint density at radius 2 is 1.91 bits per heavy atom. The van der Waals surface area contributed by atoms with Crippen molar-refractivity contribution in [3.05, 3.63) is 0 Å². The fraction of sp³-hybridized carbons (Fsp3) is 0.857. The highest BCUT2D eigenvalue weighted by Crippen LogP contribution is 2.21. The van der Waals surface area contributed by atoms with Gasteiger partial charge in [0, 0.05) is 38.6 Å². The Kier molecular flexibility index (Phi) is 5.72. The molecule has 2 aliphatic heterocycles. The third-order valence-electron chi connectivity index (χ3n) is 4.30. The van der Waals surface area contributed by atoms with Crippen LogP contribution in [0.25, 0.3) is 0 Å². The molecule has 2 aliphatic rings. The molecule has 2 atom stereocenters. The van der Waals surface area contributed by atoms with E-state index in [1.54, 1.807) is 4.90 Å².